The van der Waals surface area contributed by atoms with Crippen LogP contribution in [0.1, 0.15) is 17.3 Å². The maximum absolute atomic E-state index is 11.6. The fourth-order valence-corrected chi connectivity index (χ4v) is 1.62. The van der Waals surface area contributed by atoms with Crippen LogP contribution in [0.3, 0.4) is 0 Å². The van der Waals surface area contributed by atoms with Crippen molar-refractivity contribution in [2.45, 2.75) is 11.8 Å². The van der Waals surface area contributed by atoms with Crippen LogP contribution in [0.5, 0.6) is 0 Å². The highest BCUT2D eigenvalue weighted by Crippen LogP contribution is 2.21. The molecule has 0 spiro atoms. The fourth-order valence-electron chi connectivity index (χ4n) is 1.33. The molecule has 16 heavy (non-hydrogen) atoms. The minimum absolute atomic E-state index is 0.115. The Morgan fingerprint density at radius 3 is 2.31 bits per heavy atom. The molecule has 3 nitrogen and oxygen atoms in total. The molecule has 0 saturated heterocycles. The summed E-state index contributed by atoms with van der Waals surface area (Å²) in [5.74, 6) is -0.576. The first kappa shape index (κ1) is 13.0. The Balaban J connectivity index is 3.13. The number of hydrogen-bond acceptors (Lipinski definition) is 2. The number of Topliss-reactive ketones (excluding diaryl/α,β-unsaturated/α-hetero) is 1. The van der Waals surface area contributed by atoms with Gasteiger partial charge in [-0.2, -0.15) is 0 Å². The first-order valence-corrected chi connectivity index (χ1v) is 5.48. The molecule has 0 bridgehead atoms. The molecule has 1 amide bonds. The van der Waals surface area contributed by atoms with E-state index < -0.39 is 10.7 Å². The molecule has 0 N–H and O–H groups in total. The van der Waals surface area contributed by atoms with Gasteiger partial charge in [0.05, 0.1) is 5.69 Å². The van der Waals surface area contributed by atoms with Crippen molar-refractivity contribution in [1.29, 1.82) is 0 Å². The van der Waals surface area contributed by atoms with E-state index in [0.717, 1.165) is 0 Å². The summed E-state index contributed by atoms with van der Waals surface area (Å²) in [4.78, 5) is 23.1. The topological polar surface area (TPSA) is 37.4 Å². The number of rotatable bonds is 3. The van der Waals surface area contributed by atoms with Gasteiger partial charge in [0.15, 0.2) is 10.6 Å². The molecule has 1 rings (SSSR count). The molecule has 0 atom stereocenters. The van der Waals surface area contributed by atoms with Gasteiger partial charge in [-0.25, -0.2) is 0 Å². The number of nitrogens with zero attached hydrogens (tertiary/aromatic N) is 1. The molecular formula is C11H11Cl2NO2. The number of alkyl halides is 2. The van der Waals surface area contributed by atoms with Crippen LogP contribution < -0.4 is 4.90 Å². The molecule has 86 valence electrons. The van der Waals surface area contributed by atoms with E-state index in [1.807, 2.05) is 0 Å². The Hall–Kier alpha value is -1.06. The Kier molecular flexibility index (Phi) is 4.33. The van der Waals surface area contributed by atoms with Crippen LogP contribution in [-0.4, -0.2) is 23.6 Å². The standard InChI is InChI=1S/C11H11Cl2NO2/c1-7(15)8-5-3-4-6-9(8)14(2)11(16)10(12)13/h3-6,10H,1-2H3. The van der Waals surface area contributed by atoms with Crippen molar-refractivity contribution >= 4 is 40.6 Å². The highest BCUT2D eigenvalue weighted by molar-refractivity contribution is 6.54. The third-order valence-corrected chi connectivity index (χ3v) is 2.54. The van der Waals surface area contributed by atoms with E-state index in [0.29, 0.717) is 11.3 Å². The number of para-hydroxylation sites is 1. The lowest BCUT2D eigenvalue weighted by atomic mass is 10.1. The summed E-state index contributed by atoms with van der Waals surface area (Å²) in [6.07, 6.45) is 0. The Bertz CT molecular complexity index is 418. The summed E-state index contributed by atoms with van der Waals surface area (Å²) >= 11 is 11.0. The number of carbonyl (C=O) groups is 2. The molecule has 5 heteroatoms. The van der Waals surface area contributed by atoms with Gasteiger partial charge in [-0.3, -0.25) is 9.59 Å². The lowest BCUT2D eigenvalue weighted by molar-refractivity contribution is -0.116. The summed E-state index contributed by atoms with van der Waals surface area (Å²) in [7, 11) is 1.53. The molecular weight excluding hydrogens is 249 g/mol. The van der Waals surface area contributed by atoms with E-state index in [1.165, 1.54) is 18.9 Å². The van der Waals surface area contributed by atoms with Gasteiger partial charge < -0.3 is 4.90 Å². The largest absolute Gasteiger partial charge is 0.312 e. The van der Waals surface area contributed by atoms with Gasteiger partial charge >= 0.3 is 0 Å². The van der Waals surface area contributed by atoms with Gasteiger partial charge in [0.1, 0.15) is 0 Å². The number of ketones is 1. The molecule has 1 aromatic rings. The van der Waals surface area contributed by atoms with Crippen LogP contribution in [0.15, 0.2) is 24.3 Å². The number of benzene rings is 1. The van der Waals surface area contributed by atoms with Crippen LogP contribution in [0.25, 0.3) is 0 Å². The third kappa shape index (κ3) is 2.74. The minimum Gasteiger partial charge on any atom is -0.312 e. The Morgan fingerprint density at radius 2 is 1.81 bits per heavy atom. The van der Waals surface area contributed by atoms with Crippen LogP contribution in [-0.2, 0) is 4.79 Å². The number of amides is 1. The molecule has 0 aromatic heterocycles. The second-order valence-corrected chi connectivity index (χ2v) is 4.37. The van der Waals surface area contributed by atoms with Crippen molar-refractivity contribution in [3.63, 3.8) is 0 Å². The van der Waals surface area contributed by atoms with Gasteiger partial charge in [0, 0.05) is 12.6 Å². The maximum Gasteiger partial charge on any atom is 0.260 e. The number of anilines is 1. The molecule has 0 aliphatic heterocycles. The van der Waals surface area contributed by atoms with Crippen LogP contribution in [0, 0.1) is 0 Å². The van der Waals surface area contributed by atoms with Crippen molar-refractivity contribution in [2.75, 3.05) is 11.9 Å². The lowest BCUT2D eigenvalue weighted by Crippen LogP contribution is -2.32. The second kappa shape index (κ2) is 5.32. The van der Waals surface area contributed by atoms with Gasteiger partial charge in [0.2, 0.25) is 0 Å². The second-order valence-electron chi connectivity index (χ2n) is 3.27. The molecule has 0 radical (unpaired) electrons. The third-order valence-electron chi connectivity index (χ3n) is 2.16. The van der Waals surface area contributed by atoms with E-state index >= 15 is 0 Å². The monoisotopic (exact) mass is 259 g/mol. The van der Waals surface area contributed by atoms with E-state index in [-0.39, 0.29) is 5.78 Å². The van der Waals surface area contributed by atoms with Gasteiger partial charge in [-0.1, -0.05) is 35.3 Å². The molecule has 0 unspecified atom stereocenters. The lowest BCUT2D eigenvalue weighted by Gasteiger charge is -2.20. The van der Waals surface area contributed by atoms with Crippen molar-refractivity contribution in [3.05, 3.63) is 29.8 Å². The highest BCUT2D eigenvalue weighted by atomic mass is 35.5. The Morgan fingerprint density at radius 1 is 1.25 bits per heavy atom. The van der Waals surface area contributed by atoms with Gasteiger partial charge in [0.25, 0.3) is 5.91 Å². The fraction of sp³-hybridized carbons (Fsp3) is 0.273. The normalized spacial score (nSPS) is 10.3. The Labute approximate surface area is 104 Å². The SMILES string of the molecule is CC(=O)c1ccccc1N(C)C(=O)C(Cl)Cl. The van der Waals surface area contributed by atoms with Crippen molar-refractivity contribution in [3.8, 4) is 0 Å². The first-order chi connectivity index (χ1) is 7.45. The van der Waals surface area contributed by atoms with Crippen molar-refractivity contribution in [1.82, 2.24) is 0 Å². The smallest absolute Gasteiger partial charge is 0.260 e. The average Bonchev–Trinajstić information content (AvgIpc) is 2.26. The minimum atomic E-state index is -1.13. The first-order valence-electron chi connectivity index (χ1n) is 4.61. The zero-order chi connectivity index (χ0) is 12.3. The summed E-state index contributed by atoms with van der Waals surface area (Å²) < 4.78 is 0. The highest BCUT2D eigenvalue weighted by Gasteiger charge is 2.20. The maximum atomic E-state index is 11.6. The van der Waals surface area contributed by atoms with Crippen LogP contribution in [0.2, 0.25) is 0 Å². The van der Waals surface area contributed by atoms with Crippen LogP contribution in [0.4, 0.5) is 5.69 Å². The summed E-state index contributed by atoms with van der Waals surface area (Å²) in [6, 6.07) is 6.80. The van der Waals surface area contributed by atoms with Gasteiger partial charge in [-0.05, 0) is 19.1 Å². The molecule has 1 aromatic carbocycles. The van der Waals surface area contributed by atoms with Crippen molar-refractivity contribution < 1.29 is 9.59 Å². The predicted octanol–water partition coefficient (Wildman–Crippen LogP) is 2.66. The summed E-state index contributed by atoms with van der Waals surface area (Å²) in [5, 5.41) is 0. The van der Waals surface area contributed by atoms with E-state index in [1.54, 1.807) is 24.3 Å². The molecule has 0 saturated carbocycles. The zero-order valence-electron chi connectivity index (χ0n) is 8.91. The molecule has 0 fully saturated rings. The van der Waals surface area contributed by atoms with Crippen LogP contribution >= 0.6 is 23.2 Å². The van der Waals surface area contributed by atoms with Gasteiger partial charge in [-0.15, -0.1) is 0 Å². The predicted molar refractivity (Wildman–Crippen MR) is 65.4 cm³/mol. The summed E-state index contributed by atoms with van der Waals surface area (Å²) in [6.45, 7) is 1.44. The molecule has 0 aliphatic rings. The number of hydrogen-bond donors (Lipinski definition) is 0. The average molecular weight is 260 g/mol. The quantitative estimate of drug-likeness (QED) is 0.619. The molecule has 0 heterocycles. The number of halogens is 2. The van der Waals surface area contributed by atoms with E-state index in [9.17, 15) is 9.59 Å². The van der Waals surface area contributed by atoms with E-state index in [4.69, 9.17) is 23.2 Å². The molecule has 0 aliphatic carbocycles. The van der Waals surface area contributed by atoms with E-state index in [2.05, 4.69) is 0 Å². The zero-order valence-corrected chi connectivity index (χ0v) is 10.4. The van der Waals surface area contributed by atoms with Crippen molar-refractivity contribution in [2.24, 2.45) is 0 Å². The summed E-state index contributed by atoms with van der Waals surface area (Å²) in [5.41, 5.74) is 0.971. The number of carbonyl (C=O) groups excluding carboxylic acids is 2.